The van der Waals surface area contributed by atoms with Gasteiger partial charge in [-0.15, -0.1) is 0 Å². The predicted molar refractivity (Wildman–Crippen MR) is 161 cm³/mol. The van der Waals surface area contributed by atoms with Crippen LogP contribution in [0.25, 0.3) is 12.2 Å². The summed E-state index contributed by atoms with van der Waals surface area (Å²) < 4.78 is 82.1. The smallest absolute Gasteiger partial charge is 0.490 e. The van der Waals surface area contributed by atoms with Crippen molar-refractivity contribution in [1.82, 2.24) is 9.71 Å². The molecule has 2 N–H and O–H groups in total. The second kappa shape index (κ2) is 15.4. The number of aliphatic carboxylic acids is 1. The first kappa shape index (κ1) is 35.6. The molecule has 1 heterocycles. The number of benzene rings is 2. The third kappa shape index (κ3) is 9.31. The van der Waals surface area contributed by atoms with Gasteiger partial charge in [-0.2, -0.15) is 13.2 Å². The van der Waals surface area contributed by atoms with E-state index in [0.29, 0.717) is 34.1 Å². The molecular weight excluding hydrogens is 633 g/mol. The minimum atomic E-state index is -5.08. The standard InChI is InChI=1S/C29H30N2O7S.C2HF3O2/c1-35-25-9-7-19(14-27(25)37-3)12-21-16-23(31-39(33,34)24-6-5-11-30-18-24)17-22(29(21)32)13-20-8-10-26(36-2)28(15-20)38-4;3-2(4,5)1(6)7/h5-15,18,23,31H,16-17H2,1-4H3;(H,6,7)/b21-12+,22-13+;. The van der Waals surface area contributed by atoms with Gasteiger partial charge in [-0.25, -0.2) is 17.9 Å². The Morgan fingerprint density at radius 1 is 0.870 bits per heavy atom. The number of sulfonamides is 1. The van der Waals surface area contributed by atoms with Crippen molar-refractivity contribution in [3.05, 3.63) is 83.2 Å². The number of ketones is 1. The summed E-state index contributed by atoms with van der Waals surface area (Å²) in [6.07, 6.45) is 1.61. The number of halogens is 3. The monoisotopic (exact) mass is 664 g/mol. The minimum Gasteiger partial charge on any atom is -0.493 e. The molecule has 0 saturated heterocycles. The van der Waals surface area contributed by atoms with E-state index in [1.165, 1.54) is 32.7 Å². The molecule has 1 aliphatic carbocycles. The minimum absolute atomic E-state index is 0.0535. The first-order valence-corrected chi connectivity index (χ1v) is 14.8. The fraction of sp³-hybridized carbons (Fsp3) is 0.258. The Hall–Kier alpha value is -4.89. The van der Waals surface area contributed by atoms with E-state index in [4.69, 9.17) is 28.8 Å². The maximum Gasteiger partial charge on any atom is 0.490 e. The summed E-state index contributed by atoms with van der Waals surface area (Å²) >= 11 is 0. The van der Waals surface area contributed by atoms with Crippen LogP contribution in [-0.4, -0.2) is 70.9 Å². The molecule has 1 saturated carbocycles. The van der Waals surface area contributed by atoms with Gasteiger partial charge in [-0.3, -0.25) is 9.78 Å². The lowest BCUT2D eigenvalue weighted by molar-refractivity contribution is -0.192. The Kier molecular flexibility index (Phi) is 11.9. The molecule has 0 bridgehead atoms. The average molecular weight is 665 g/mol. The lowest BCUT2D eigenvalue weighted by Crippen LogP contribution is -2.39. The van der Waals surface area contributed by atoms with Crippen LogP contribution in [0.2, 0.25) is 0 Å². The number of carboxylic acids is 1. The molecule has 4 rings (SSSR count). The molecule has 0 atom stereocenters. The highest BCUT2D eigenvalue weighted by Gasteiger charge is 2.38. The predicted octanol–water partition coefficient (Wildman–Crippen LogP) is 4.93. The van der Waals surface area contributed by atoms with Crippen LogP contribution in [0.5, 0.6) is 23.0 Å². The zero-order valence-electron chi connectivity index (χ0n) is 25.1. The Morgan fingerprint density at radius 3 is 1.70 bits per heavy atom. The summed E-state index contributed by atoms with van der Waals surface area (Å²) in [5.74, 6) is -0.768. The molecule has 3 aromatic rings. The van der Waals surface area contributed by atoms with Gasteiger partial charge in [-0.1, -0.05) is 12.1 Å². The van der Waals surface area contributed by atoms with Crippen molar-refractivity contribution >= 4 is 33.9 Å². The van der Waals surface area contributed by atoms with Crippen LogP contribution >= 0.6 is 0 Å². The summed E-state index contributed by atoms with van der Waals surface area (Å²) in [5.41, 5.74) is 2.35. The molecule has 0 amide bonds. The first-order valence-electron chi connectivity index (χ1n) is 13.3. The van der Waals surface area contributed by atoms with E-state index < -0.39 is 28.2 Å². The summed E-state index contributed by atoms with van der Waals surface area (Å²) in [6, 6.07) is 13.1. The van der Waals surface area contributed by atoms with Crippen LogP contribution in [0.4, 0.5) is 13.2 Å². The number of ether oxygens (including phenoxy) is 4. The van der Waals surface area contributed by atoms with E-state index in [9.17, 15) is 26.4 Å². The van der Waals surface area contributed by atoms with Gasteiger partial charge in [0, 0.05) is 29.6 Å². The Morgan fingerprint density at radius 2 is 1.33 bits per heavy atom. The lowest BCUT2D eigenvalue weighted by Gasteiger charge is -2.26. The highest BCUT2D eigenvalue weighted by Crippen LogP contribution is 2.34. The lowest BCUT2D eigenvalue weighted by atomic mass is 9.84. The number of methoxy groups -OCH3 is 4. The van der Waals surface area contributed by atoms with Crippen LogP contribution in [0.15, 0.2) is 77.0 Å². The van der Waals surface area contributed by atoms with Crippen LogP contribution < -0.4 is 23.7 Å². The van der Waals surface area contributed by atoms with Crippen LogP contribution in [0.1, 0.15) is 24.0 Å². The SMILES string of the molecule is COc1ccc(/C=C2\CC(NS(=O)(=O)c3cccnc3)C/C(=C\c3ccc(OC)c(OC)c3)C2=O)cc1OC.O=C(O)C(F)(F)F. The number of carbonyl (C=O) groups excluding carboxylic acids is 1. The number of aromatic nitrogens is 1. The van der Waals surface area contributed by atoms with Crippen LogP contribution in [0, 0.1) is 0 Å². The molecule has 11 nitrogen and oxygen atoms in total. The molecule has 0 spiro atoms. The first-order chi connectivity index (χ1) is 21.7. The molecule has 0 radical (unpaired) electrons. The Labute approximate surface area is 263 Å². The number of hydrogen-bond donors (Lipinski definition) is 2. The van der Waals surface area contributed by atoms with Crippen molar-refractivity contribution in [2.45, 2.75) is 30.0 Å². The number of hydrogen-bond acceptors (Lipinski definition) is 9. The van der Waals surface area contributed by atoms with Gasteiger partial charge < -0.3 is 24.1 Å². The van der Waals surface area contributed by atoms with E-state index in [1.807, 2.05) is 12.1 Å². The Bertz CT molecular complexity index is 1650. The highest BCUT2D eigenvalue weighted by atomic mass is 32.2. The second-order valence-corrected chi connectivity index (χ2v) is 11.3. The van der Waals surface area contributed by atoms with Crippen LogP contribution in [-0.2, 0) is 19.6 Å². The van der Waals surface area contributed by atoms with Crippen molar-refractivity contribution in [3.63, 3.8) is 0 Å². The van der Waals surface area contributed by atoms with Gasteiger partial charge in [-0.05, 0) is 72.5 Å². The number of carboxylic acid groups (broad SMARTS) is 1. The third-order valence-electron chi connectivity index (χ3n) is 6.52. The number of nitrogens with one attached hydrogen (secondary N) is 1. The number of carbonyl (C=O) groups is 2. The van der Waals surface area contributed by atoms with Crippen molar-refractivity contribution < 1.29 is 55.2 Å². The van der Waals surface area contributed by atoms with Gasteiger partial charge >= 0.3 is 12.1 Å². The van der Waals surface area contributed by atoms with Crippen LogP contribution in [0.3, 0.4) is 0 Å². The summed E-state index contributed by atoms with van der Waals surface area (Å²) in [6.45, 7) is 0. The molecule has 2 aromatic carbocycles. The highest BCUT2D eigenvalue weighted by molar-refractivity contribution is 7.89. The van der Waals surface area contributed by atoms with Gasteiger partial charge in [0.15, 0.2) is 28.8 Å². The van der Waals surface area contributed by atoms with Gasteiger partial charge in [0.25, 0.3) is 0 Å². The largest absolute Gasteiger partial charge is 0.493 e. The van der Waals surface area contributed by atoms with Gasteiger partial charge in [0.05, 0.1) is 28.4 Å². The molecule has 46 heavy (non-hydrogen) atoms. The van der Waals surface area contributed by atoms with E-state index in [1.54, 1.807) is 56.7 Å². The quantitative estimate of drug-likeness (QED) is 0.302. The zero-order chi connectivity index (χ0) is 34.1. The number of rotatable bonds is 9. The average Bonchev–Trinajstić information content (AvgIpc) is 3.03. The normalized spacial score (nSPS) is 16.8. The molecule has 1 aromatic heterocycles. The van der Waals surface area contributed by atoms with Gasteiger partial charge in [0.2, 0.25) is 10.0 Å². The molecular formula is C31H31F3N2O9S. The third-order valence-corrected chi connectivity index (χ3v) is 8.03. The molecule has 246 valence electrons. The number of alkyl halides is 3. The summed E-state index contributed by atoms with van der Waals surface area (Å²) in [7, 11) is 2.30. The van der Waals surface area contributed by atoms with Gasteiger partial charge in [0.1, 0.15) is 4.90 Å². The topological polar surface area (TPSA) is 150 Å². The molecule has 15 heteroatoms. The fourth-order valence-electron chi connectivity index (χ4n) is 4.41. The second-order valence-electron chi connectivity index (χ2n) is 9.62. The maximum atomic E-state index is 13.6. The van der Waals surface area contributed by atoms with E-state index in [2.05, 4.69) is 9.71 Å². The fourth-order valence-corrected chi connectivity index (χ4v) is 5.61. The zero-order valence-corrected chi connectivity index (χ0v) is 25.9. The molecule has 1 fully saturated rings. The molecule has 1 aliphatic rings. The molecule has 0 unspecified atom stereocenters. The Balaban J connectivity index is 0.000000738. The number of pyridine rings is 1. The summed E-state index contributed by atoms with van der Waals surface area (Å²) in [4.78, 5) is 26.5. The van der Waals surface area contributed by atoms with Crippen molar-refractivity contribution in [2.75, 3.05) is 28.4 Å². The molecule has 0 aliphatic heterocycles. The number of Topliss-reactive ketones (excluding diaryl/α,β-unsaturated/α-hetero) is 1. The van der Waals surface area contributed by atoms with E-state index in [-0.39, 0.29) is 23.5 Å². The maximum absolute atomic E-state index is 13.6. The van der Waals surface area contributed by atoms with E-state index in [0.717, 1.165) is 11.1 Å². The van der Waals surface area contributed by atoms with Crippen molar-refractivity contribution in [3.8, 4) is 23.0 Å². The summed E-state index contributed by atoms with van der Waals surface area (Å²) in [5, 5.41) is 7.12. The van der Waals surface area contributed by atoms with E-state index >= 15 is 0 Å². The van der Waals surface area contributed by atoms with Crippen molar-refractivity contribution in [1.29, 1.82) is 0 Å². The van der Waals surface area contributed by atoms with Crippen molar-refractivity contribution in [2.24, 2.45) is 0 Å². The number of nitrogens with zero attached hydrogens (tertiary/aromatic N) is 1.